The largest absolute Gasteiger partial charge is 0.472 e. The van der Waals surface area contributed by atoms with Crippen LogP contribution in [0.4, 0.5) is 0 Å². The van der Waals surface area contributed by atoms with Crippen LogP contribution in [0.15, 0.2) is 60.8 Å². The van der Waals surface area contributed by atoms with E-state index in [-0.39, 0.29) is 12.8 Å². The van der Waals surface area contributed by atoms with E-state index in [1.807, 2.05) is 0 Å². The highest BCUT2D eigenvalue weighted by atomic mass is 31.2. The Morgan fingerprint density at radius 3 is 1.41 bits per heavy atom. The maximum atomic E-state index is 12.8. The molecule has 3 unspecified atom stereocenters. The zero-order chi connectivity index (χ0) is 45.0. The van der Waals surface area contributed by atoms with E-state index >= 15 is 0 Å². The molecule has 0 amide bonds. The predicted molar refractivity (Wildman–Crippen MR) is 239 cm³/mol. The van der Waals surface area contributed by atoms with Gasteiger partial charge in [0.05, 0.1) is 6.61 Å². The zero-order valence-electron chi connectivity index (χ0n) is 37.2. The number of hydrogen-bond acceptors (Lipinski definition) is 12. The Hall–Kier alpha value is -2.45. The average Bonchev–Trinajstić information content (AvgIpc) is 3.24. The van der Waals surface area contributed by atoms with Crippen molar-refractivity contribution in [2.75, 3.05) is 13.2 Å². The van der Waals surface area contributed by atoms with Crippen molar-refractivity contribution in [1.29, 1.82) is 0 Å². The molecule has 1 rings (SSSR count). The molecular weight excluding hydrogens is 803 g/mol. The van der Waals surface area contributed by atoms with Crippen LogP contribution < -0.4 is 0 Å². The first-order valence-electron chi connectivity index (χ1n) is 23.1. The lowest BCUT2D eigenvalue weighted by Gasteiger charge is -2.41. The number of aliphatic hydroxyl groups is 5. The Labute approximate surface area is 366 Å². The van der Waals surface area contributed by atoms with E-state index in [1.165, 1.54) is 25.7 Å². The second kappa shape index (κ2) is 37.0. The van der Waals surface area contributed by atoms with E-state index in [4.69, 9.17) is 18.5 Å². The second-order valence-electron chi connectivity index (χ2n) is 15.9. The summed E-state index contributed by atoms with van der Waals surface area (Å²) in [5.41, 5.74) is 0. The number of carbonyl (C=O) groups excluding carboxylic acids is 2. The summed E-state index contributed by atoms with van der Waals surface area (Å²) in [6.07, 6.45) is 31.3. The number of phosphoric ester groups is 1. The van der Waals surface area contributed by atoms with Gasteiger partial charge in [0, 0.05) is 12.8 Å². The first-order valence-corrected chi connectivity index (χ1v) is 24.6. The molecule has 0 aliphatic heterocycles. The van der Waals surface area contributed by atoms with Crippen molar-refractivity contribution in [3.05, 3.63) is 60.8 Å². The fraction of sp³-hybridized carbons (Fsp3) is 0.745. The molecule has 0 spiro atoms. The van der Waals surface area contributed by atoms with Crippen LogP contribution in [0.5, 0.6) is 0 Å². The topological polar surface area (TPSA) is 210 Å². The van der Waals surface area contributed by atoms with Gasteiger partial charge in [-0.05, 0) is 77.0 Å². The average molecular weight is 885 g/mol. The molecule has 8 atom stereocenters. The Balaban J connectivity index is 2.46. The van der Waals surface area contributed by atoms with Gasteiger partial charge in [0.1, 0.15) is 43.2 Å². The van der Waals surface area contributed by atoms with Gasteiger partial charge in [-0.1, -0.05) is 139 Å². The molecule has 352 valence electrons. The first-order chi connectivity index (χ1) is 29.4. The number of ether oxygens (including phenoxy) is 2. The van der Waals surface area contributed by atoms with Gasteiger partial charge >= 0.3 is 19.8 Å². The van der Waals surface area contributed by atoms with Gasteiger partial charge in [-0.25, -0.2) is 4.57 Å². The number of unbranched alkanes of at least 4 members (excludes halogenated alkanes) is 15. The van der Waals surface area contributed by atoms with Crippen LogP contribution in [-0.4, -0.2) is 98.3 Å². The maximum Gasteiger partial charge on any atom is 0.472 e. The van der Waals surface area contributed by atoms with E-state index < -0.39 is 75.7 Å². The predicted octanol–water partition coefficient (Wildman–Crippen LogP) is 8.94. The summed E-state index contributed by atoms with van der Waals surface area (Å²) >= 11 is 0. The molecule has 1 aliphatic rings. The molecule has 1 fully saturated rings. The van der Waals surface area contributed by atoms with Gasteiger partial charge in [0.2, 0.25) is 0 Å². The number of allylic oxidation sites excluding steroid dienone is 10. The Morgan fingerprint density at radius 1 is 0.508 bits per heavy atom. The second-order valence-corrected chi connectivity index (χ2v) is 17.3. The monoisotopic (exact) mass is 885 g/mol. The number of carbonyl (C=O) groups is 2. The summed E-state index contributed by atoms with van der Waals surface area (Å²) in [4.78, 5) is 35.7. The summed E-state index contributed by atoms with van der Waals surface area (Å²) in [5, 5.41) is 50.1. The van der Waals surface area contributed by atoms with Gasteiger partial charge < -0.3 is 39.9 Å². The minimum Gasteiger partial charge on any atom is -0.462 e. The summed E-state index contributed by atoms with van der Waals surface area (Å²) in [6, 6.07) is 0. The van der Waals surface area contributed by atoms with E-state index in [2.05, 4.69) is 74.6 Å². The molecule has 1 aliphatic carbocycles. The molecule has 0 heterocycles. The Morgan fingerprint density at radius 2 is 0.918 bits per heavy atom. The summed E-state index contributed by atoms with van der Waals surface area (Å²) in [6.45, 7) is 3.17. The fourth-order valence-corrected chi connectivity index (χ4v) is 7.54. The molecule has 61 heavy (non-hydrogen) atoms. The standard InChI is InChI=1S/C47H81O13P/c1-3-5-7-9-11-13-15-17-18-19-20-21-22-24-25-27-29-31-33-35-40(48)57-37-39(38-58-61(55,56)60-47-45(53)43(51)42(50)44(52)46(47)54)59-41(49)36-34-32-30-28-26-23-16-14-12-10-8-6-4-2/h8,10-11,13-14,16-18,20-21,39,42-47,50-54H,3-7,9,12,15,19,22-38H2,1-2H3,(H,55,56)/b10-8-,13-11-,16-14-,18-17-,21-20-/t39-,42?,43-,44+,45-,46-,47?/m1/s1. The van der Waals surface area contributed by atoms with Crippen molar-refractivity contribution in [2.45, 2.75) is 211 Å². The SMILES string of the molecule is CCC/C=C\C/C=C\CCCCCCCC(=O)O[C@H](COC(=O)CCCCCCCC/C=C\C/C=C\C/C=C\CCCCC)COP(=O)(O)OC1[C@H](O)[C@H](O)C(O)[C@H](O)[C@H]1O. The normalized spacial score (nSPS) is 22.6. The molecule has 0 saturated heterocycles. The van der Waals surface area contributed by atoms with Crippen LogP contribution in [0.25, 0.3) is 0 Å². The van der Waals surface area contributed by atoms with E-state index in [9.17, 15) is 44.6 Å². The number of phosphoric acid groups is 1. The number of hydrogen-bond donors (Lipinski definition) is 6. The van der Waals surface area contributed by atoms with Gasteiger partial charge in [-0.15, -0.1) is 0 Å². The lowest BCUT2D eigenvalue weighted by molar-refractivity contribution is -0.220. The smallest absolute Gasteiger partial charge is 0.462 e. The van der Waals surface area contributed by atoms with E-state index in [0.29, 0.717) is 12.8 Å². The maximum absolute atomic E-state index is 12.8. The van der Waals surface area contributed by atoms with E-state index in [0.717, 1.165) is 103 Å². The van der Waals surface area contributed by atoms with Crippen LogP contribution in [-0.2, 0) is 32.7 Å². The molecule has 13 nitrogen and oxygen atoms in total. The summed E-state index contributed by atoms with van der Waals surface area (Å²) < 4.78 is 33.5. The quantitative estimate of drug-likeness (QED) is 0.0149. The van der Waals surface area contributed by atoms with Crippen molar-refractivity contribution in [2.24, 2.45) is 0 Å². The van der Waals surface area contributed by atoms with Crippen LogP contribution in [0.3, 0.4) is 0 Å². The minimum atomic E-state index is -5.13. The van der Waals surface area contributed by atoms with Crippen LogP contribution >= 0.6 is 7.82 Å². The fourth-order valence-electron chi connectivity index (χ4n) is 6.57. The molecule has 0 aromatic carbocycles. The zero-order valence-corrected chi connectivity index (χ0v) is 38.1. The Kier molecular flexibility index (Phi) is 34.3. The molecule has 0 bridgehead atoms. The third-order valence-corrected chi connectivity index (χ3v) is 11.3. The highest BCUT2D eigenvalue weighted by Gasteiger charge is 2.51. The lowest BCUT2D eigenvalue weighted by atomic mass is 9.85. The highest BCUT2D eigenvalue weighted by Crippen LogP contribution is 2.47. The highest BCUT2D eigenvalue weighted by molar-refractivity contribution is 7.47. The van der Waals surface area contributed by atoms with Crippen molar-refractivity contribution < 1.29 is 63.1 Å². The number of esters is 2. The molecule has 0 aromatic rings. The van der Waals surface area contributed by atoms with Gasteiger partial charge in [0.15, 0.2) is 6.10 Å². The first kappa shape index (κ1) is 56.6. The van der Waals surface area contributed by atoms with E-state index in [1.54, 1.807) is 0 Å². The number of aliphatic hydroxyl groups excluding tert-OH is 5. The molecule has 6 N–H and O–H groups in total. The lowest BCUT2D eigenvalue weighted by Crippen LogP contribution is -2.64. The summed E-state index contributed by atoms with van der Waals surface area (Å²) in [5.74, 6) is -1.14. The van der Waals surface area contributed by atoms with Crippen LogP contribution in [0.1, 0.15) is 168 Å². The molecular formula is C47H81O13P. The van der Waals surface area contributed by atoms with Crippen molar-refractivity contribution in [1.82, 2.24) is 0 Å². The van der Waals surface area contributed by atoms with Crippen molar-refractivity contribution in [3.63, 3.8) is 0 Å². The van der Waals surface area contributed by atoms with Crippen molar-refractivity contribution >= 4 is 19.8 Å². The Bertz CT molecular complexity index is 1300. The van der Waals surface area contributed by atoms with Crippen LogP contribution in [0.2, 0.25) is 0 Å². The summed E-state index contributed by atoms with van der Waals surface area (Å²) in [7, 11) is -5.13. The third kappa shape index (κ3) is 29.5. The molecule has 1 saturated carbocycles. The van der Waals surface area contributed by atoms with Crippen LogP contribution in [0, 0.1) is 0 Å². The molecule has 0 radical (unpaired) electrons. The van der Waals surface area contributed by atoms with Crippen molar-refractivity contribution in [3.8, 4) is 0 Å². The minimum absolute atomic E-state index is 0.0747. The third-order valence-electron chi connectivity index (χ3n) is 10.3. The van der Waals surface area contributed by atoms with Gasteiger partial charge in [-0.3, -0.25) is 18.6 Å². The van der Waals surface area contributed by atoms with Gasteiger partial charge in [0.25, 0.3) is 0 Å². The molecule has 14 heteroatoms. The molecule has 0 aromatic heterocycles. The van der Waals surface area contributed by atoms with Gasteiger partial charge in [-0.2, -0.15) is 0 Å². The number of rotatable bonds is 37.